The molecule has 1 aliphatic carbocycles. The van der Waals surface area contributed by atoms with Crippen molar-refractivity contribution in [3.63, 3.8) is 0 Å². The normalized spacial score (nSPS) is 20.4. The molecule has 14 heavy (non-hydrogen) atoms. The lowest BCUT2D eigenvalue weighted by Gasteiger charge is -2.30. The molecule has 4 nitrogen and oxygen atoms in total. The monoisotopic (exact) mass is 232 g/mol. The first-order chi connectivity index (χ1) is 6.59. The van der Waals surface area contributed by atoms with Gasteiger partial charge in [0.25, 0.3) is 0 Å². The third kappa shape index (κ3) is 1.82. The van der Waals surface area contributed by atoms with Crippen LogP contribution in [0.25, 0.3) is 0 Å². The molecule has 6 heteroatoms. The minimum atomic E-state index is -3.50. The van der Waals surface area contributed by atoms with Gasteiger partial charge < -0.3 is 0 Å². The summed E-state index contributed by atoms with van der Waals surface area (Å²) in [6.45, 7) is 0. The third-order valence-electron chi connectivity index (χ3n) is 2.63. The van der Waals surface area contributed by atoms with Crippen molar-refractivity contribution in [2.24, 2.45) is 11.1 Å². The van der Waals surface area contributed by atoms with Gasteiger partial charge >= 0.3 is 0 Å². The molecule has 1 atom stereocenters. The number of nitrogens with zero attached hydrogens (tertiary/aromatic N) is 1. The van der Waals surface area contributed by atoms with Crippen molar-refractivity contribution in [3.8, 4) is 0 Å². The summed E-state index contributed by atoms with van der Waals surface area (Å²) >= 11 is 1.37. The van der Waals surface area contributed by atoms with Gasteiger partial charge in [-0.15, -0.1) is 11.3 Å². The molecule has 0 spiro atoms. The van der Waals surface area contributed by atoms with Crippen LogP contribution in [-0.2, 0) is 10.0 Å². The summed E-state index contributed by atoms with van der Waals surface area (Å²) in [6, 6.07) is 0. The lowest BCUT2D eigenvalue weighted by Crippen LogP contribution is -2.31. The maximum atomic E-state index is 11.4. The standard InChI is InChI=1S/C8H12N2O2S2/c9-14(11,12)7(6-2-1-3-6)8-10-4-5-13-8/h4-7H,1-3H2,(H2,9,11,12). The van der Waals surface area contributed by atoms with Crippen LogP contribution in [0.4, 0.5) is 0 Å². The summed E-state index contributed by atoms with van der Waals surface area (Å²) in [4.78, 5) is 4.05. The smallest absolute Gasteiger partial charge is 0.218 e. The van der Waals surface area contributed by atoms with Gasteiger partial charge in [-0.3, -0.25) is 0 Å². The number of hydrogen-bond acceptors (Lipinski definition) is 4. The summed E-state index contributed by atoms with van der Waals surface area (Å²) < 4.78 is 22.8. The Morgan fingerprint density at radius 2 is 2.29 bits per heavy atom. The van der Waals surface area contributed by atoms with E-state index in [0.29, 0.717) is 5.01 Å². The van der Waals surface area contributed by atoms with Gasteiger partial charge in [0.05, 0.1) is 0 Å². The van der Waals surface area contributed by atoms with Crippen molar-refractivity contribution in [2.45, 2.75) is 24.5 Å². The zero-order chi connectivity index (χ0) is 10.2. The first kappa shape index (κ1) is 10.1. The van der Waals surface area contributed by atoms with Crippen LogP contribution in [0.2, 0.25) is 0 Å². The van der Waals surface area contributed by atoms with Gasteiger partial charge in [-0.25, -0.2) is 18.5 Å². The summed E-state index contributed by atoms with van der Waals surface area (Å²) in [6.07, 6.45) is 4.61. The molecule has 1 aromatic rings. The van der Waals surface area contributed by atoms with E-state index in [1.807, 2.05) is 0 Å². The Morgan fingerprint density at radius 3 is 2.64 bits per heavy atom. The SMILES string of the molecule is NS(=O)(=O)C(c1nccs1)C1CCC1. The molecule has 2 rings (SSSR count). The molecular weight excluding hydrogens is 220 g/mol. The first-order valence-corrected chi connectivity index (χ1v) is 6.99. The number of rotatable bonds is 3. The summed E-state index contributed by atoms with van der Waals surface area (Å²) in [5.41, 5.74) is 0. The van der Waals surface area contributed by atoms with Crippen molar-refractivity contribution in [1.29, 1.82) is 0 Å². The van der Waals surface area contributed by atoms with Gasteiger partial charge in [-0.2, -0.15) is 0 Å². The third-order valence-corrected chi connectivity index (χ3v) is 4.95. The van der Waals surface area contributed by atoms with Crippen LogP contribution in [0.3, 0.4) is 0 Å². The van der Waals surface area contributed by atoms with Crippen molar-refractivity contribution >= 4 is 21.4 Å². The van der Waals surface area contributed by atoms with E-state index in [-0.39, 0.29) is 5.92 Å². The zero-order valence-electron chi connectivity index (χ0n) is 7.59. The van der Waals surface area contributed by atoms with E-state index in [0.717, 1.165) is 19.3 Å². The lowest BCUT2D eigenvalue weighted by molar-refractivity contribution is 0.300. The zero-order valence-corrected chi connectivity index (χ0v) is 9.22. The fourth-order valence-electron chi connectivity index (χ4n) is 1.73. The molecule has 78 valence electrons. The molecule has 0 radical (unpaired) electrons. The lowest BCUT2D eigenvalue weighted by atomic mass is 9.83. The summed E-state index contributed by atoms with van der Waals surface area (Å²) in [5, 5.41) is 7.07. The van der Waals surface area contributed by atoms with Crippen LogP contribution < -0.4 is 5.14 Å². The van der Waals surface area contributed by atoms with Gasteiger partial charge in [0.15, 0.2) is 0 Å². The van der Waals surface area contributed by atoms with Gasteiger partial charge in [-0.1, -0.05) is 6.42 Å². The molecule has 0 amide bonds. The van der Waals surface area contributed by atoms with Crippen LogP contribution in [0.5, 0.6) is 0 Å². The van der Waals surface area contributed by atoms with Crippen LogP contribution in [0.1, 0.15) is 29.5 Å². The van der Waals surface area contributed by atoms with Crippen molar-refractivity contribution in [1.82, 2.24) is 4.98 Å². The number of hydrogen-bond donors (Lipinski definition) is 1. The van der Waals surface area contributed by atoms with E-state index in [9.17, 15) is 8.42 Å². The second-order valence-electron chi connectivity index (χ2n) is 3.57. The van der Waals surface area contributed by atoms with E-state index < -0.39 is 15.3 Å². The molecule has 1 aliphatic rings. The quantitative estimate of drug-likeness (QED) is 0.853. The van der Waals surface area contributed by atoms with Crippen molar-refractivity contribution in [3.05, 3.63) is 16.6 Å². The van der Waals surface area contributed by atoms with Gasteiger partial charge in [0.1, 0.15) is 10.3 Å². The number of thiazole rings is 1. The number of nitrogens with two attached hydrogens (primary N) is 1. The molecule has 2 N–H and O–H groups in total. The Balaban J connectivity index is 2.31. The molecule has 1 unspecified atom stereocenters. The Kier molecular flexibility index (Phi) is 2.59. The van der Waals surface area contributed by atoms with Crippen LogP contribution in [0, 0.1) is 5.92 Å². The number of primary sulfonamides is 1. The average molecular weight is 232 g/mol. The minimum Gasteiger partial charge on any atom is -0.248 e. The number of sulfonamides is 1. The highest BCUT2D eigenvalue weighted by Crippen LogP contribution is 2.41. The fraction of sp³-hybridized carbons (Fsp3) is 0.625. The highest BCUT2D eigenvalue weighted by molar-refractivity contribution is 7.89. The summed E-state index contributed by atoms with van der Waals surface area (Å²) in [7, 11) is -3.50. The highest BCUT2D eigenvalue weighted by atomic mass is 32.2. The van der Waals surface area contributed by atoms with Crippen LogP contribution in [0.15, 0.2) is 11.6 Å². The predicted molar refractivity (Wildman–Crippen MR) is 55.3 cm³/mol. The molecule has 1 saturated carbocycles. The average Bonchev–Trinajstić information content (AvgIpc) is 2.45. The first-order valence-electron chi connectivity index (χ1n) is 4.50. The van der Waals surface area contributed by atoms with Crippen molar-refractivity contribution in [2.75, 3.05) is 0 Å². The molecule has 1 aromatic heterocycles. The summed E-state index contributed by atoms with van der Waals surface area (Å²) in [5.74, 6) is 0.177. The van der Waals surface area contributed by atoms with Crippen molar-refractivity contribution < 1.29 is 8.42 Å². The predicted octanol–water partition coefficient (Wildman–Crippen LogP) is 1.27. The highest BCUT2D eigenvalue weighted by Gasteiger charge is 2.37. The maximum absolute atomic E-state index is 11.4. The molecule has 0 aliphatic heterocycles. The topological polar surface area (TPSA) is 73.1 Å². The van der Waals surface area contributed by atoms with E-state index in [1.54, 1.807) is 11.6 Å². The Labute approximate surface area is 87.2 Å². The van der Waals surface area contributed by atoms with Gasteiger partial charge in [0, 0.05) is 11.6 Å². The number of aromatic nitrogens is 1. The van der Waals surface area contributed by atoms with Gasteiger partial charge in [-0.05, 0) is 18.8 Å². The van der Waals surface area contributed by atoms with E-state index >= 15 is 0 Å². The molecule has 1 fully saturated rings. The molecule has 0 bridgehead atoms. The molecular formula is C8H12N2O2S2. The Morgan fingerprint density at radius 1 is 1.57 bits per heavy atom. The Hall–Kier alpha value is -0.460. The van der Waals surface area contributed by atoms with Gasteiger partial charge in [0.2, 0.25) is 10.0 Å². The second-order valence-corrected chi connectivity index (χ2v) is 6.18. The fourth-order valence-corrected chi connectivity index (χ4v) is 4.16. The molecule has 0 aromatic carbocycles. The molecule has 0 saturated heterocycles. The van der Waals surface area contributed by atoms with Crippen LogP contribution >= 0.6 is 11.3 Å². The molecule has 1 heterocycles. The second kappa shape index (κ2) is 3.60. The maximum Gasteiger partial charge on any atom is 0.218 e. The Bertz CT molecular complexity index is 395. The van der Waals surface area contributed by atoms with E-state index in [4.69, 9.17) is 5.14 Å². The van der Waals surface area contributed by atoms with Crippen LogP contribution in [-0.4, -0.2) is 13.4 Å². The van der Waals surface area contributed by atoms with E-state index in [2.05, 4.69) is 4.98 Å². The minimum absolute atomic E-state index is 0.177. The van der Waals surface area contributed by atoms with E-state index in [1.165, 1.54) is 11.3 Å². The largest absolute Gasteiger partial charge is 0.248 e.